The van der Waals surface area contributed by atoms with Crippen molar-refractivity contribution in [3.8, 4) is 11.5 Å². The zero-order chi connectivity index (χ0) is 15.5. The number of para-hydroxylation sites is 2. The molecule has 1 aromatic carbocycles. The summed E-state index contributed by atoms with van der Waals surface area (Å²) in [6, 6.07) is 7.68. The minimum atomic E-state index is 0.182. The van der Waals surface area contributed by atoms with E-state index in [4.69, 9.17) is 17.4 Å². The number of nitrogens with one attached hydrogen (secondary N) is 1. The van der Waals surface area contributed by atoms with Crippen LogP contribution in [0.5, 0.6) is 0 Å². The molecule has 114 valence electrons. The van der Waals surface area contributed by atoms with Crippen molar-refractivity contribution in [1.82, 2.24) is 25.3 Å². The predicted molar refractivity (Wildman–Crippen MR) is 81.0 cm³/mol. The van der Waals surface area contributed by atoms with Gasteiger partial charge in [0.2, 0.25) is 0 Å². The summed E-state index contributed by atoms with van der Waals surface area (Å²) >= 11 is 0. The standard InChI is InChI=1S/C12H15N9O/c13-11-10(19-22-20-11)12-16-7-3-1-2-4-8(7)21(12)6-5-9(17-14)18-15/h1-4H,5-6,14-15H2,(H2,13,20)(H,17,18). The van der Waals surface area contributed by atoms with Crippen molar-refractivity contribution in [3.05, 3.63) is 24.3 Å². The van der Waals surface area contributed by atoms with Crippen LogP contribution in [-0.2, 0) is 6.54 Å². The van der Waals surface area contributed by atoms with Crippen molar-refractivity contribution in [2.75, 3.05) is 5.73 Å². The fraction of sp³-hybridized carbons (Fsp3) is 0.167. The zero-order valence-electron chi connectivity index (χ0n) is 11.6. The molecule has 10 nitrogen and oxygen atoms in total. The number of aromatic nitrogens is 4. The van der Waals surface area contributed by atoms with Gasteiger partial charge in [-0.25, -0.2) is 15.5 Å². The van der Waals surface area contributed by atoms with Crippen LogP contribution in [0.15, 0.2) is 34.0 Å². The molecule has 2 aromatic heterocycles. The number of hydrogen-bond donors (Lipinski definition) is 4. The number of aryl methyl sites for hydroxylation is 1. The van der Waals surface area contributed by atoms with Crippen LogP contribution in [0.1, 0.15) is 6.42 Å². The number of anilines is 1. The molecule has 2 heterocycles. The minimum Gasteiger partial charge on any atom is -0.379 e. The second kappa shape index (κ2) is 5.69. The number of fused-ring (bicyclic) bond motifs is 1. The van der Waals surface area contributed by atoms with Gasteiger partial charge in [0.05, 0.1) is 11.0 Å². The molecule has 10 heteroatoms. The molecule has 0 unspecified atom stereocenters. The summed E-state index contributed by atoms with van der Waals surface area (Å²) in [5.74, 6) is 11.8. The van der Waals surface area contributed by atoms with E-state index in [0.717, 1.165) is 11.0 Å². The number of nitrogens with two attached hydrogens (primary N) is 3. The van der Waals surface area contributed by atoms with Crippen LogP contribution in [0.4, 0.5) is 5.82 Å². The molecule has 0 fully saturated rings. The first-order valence-electron chi connectivity index (χ1n) is 6.51. The van der Waals surface area contributed by atoms with Crippen LogP contribution in [-0.4, -0.2) is 25.7 Å². The van der Waals surface area contributed by atoms with Crippen LogP contribution in [0.3, 0.4) is 0 Å². The Kier molecular flexibility index (Phi) is 3.58. The number of amidine groups is 1. The van der Waals surface area contributed by atoms with Gasteiger partial charge in [-0.05, 0) is 22.4 Å². The van der Waals surface area contributed by atoms with Crippen molar-refractivity contribution >= 4 is 22.7 Å². The highest BCUT2D eigenvalue weighted by atomic mass is 16.6. The molecular formula is C12H15N9O. The average molecular weight is 301 g/mol. The molecule has 3 rings (SSSR count). The van der Waals surface area contributed by atoms with E-state index < -0.39 is 0 Å². The third-order valence-electron chi connectivity index (χ3n) is 3.27. The first-order chi connectivity index (χ1) is 10.7. The molecule has 22 heavy (non-hydrogen) atoms. The van der Waals surface area contributed by atoms with Crippen LogP contribution < -0.4 is 22.8 Å². The quantitative estimate of drug-likeness (QED) is 0.223. The van der Waals surface area contributed by atoms with Crippen LogP contribution >= 0.6 is 0 Å². The summed E-state index contributed by atoms with van der Waals surface area (Å²) in [4.78, 5) is 4.54. The lowest BCUT2D eigenvalue weighted by Gasteiger charge is -2.08. The third kappa shape index (κ3) is 2.31. The number of nitrogen functional groups attached to an aromatic ring is 1. The van der Waals surface area contributed by atoms with E-state index in [2.05, 4.69) is 30.5 Å². The maximum absolute atomic E-state index is 5.77. The minimum absolute atomic E-state index is 0.182. The number of rotatable bonds is 4. The van der Waals surface area contributed by atoms with E-state index in [1.165, 1.54) is 0 Å². The number of nitrogens with zero attached hydrogens (tertiary/aromatic N) is 5. The summed E-state index contributed by atoms with van der Waals surface area (Å²) in [5.41, 5.74) is 10.4. The number of imidazole rings is 1. The molecular weight excluding hydrogens is 286 g/mol. The van der Waals surface area contributed by atoms with Gasteiger partial charge in [-0.2, -0.15) is 5.10 Å². The highest BCUT2D eigenvalue weighted by molar-refractivity contribution is 5.83. The van der Waals surface area contributed by atoms with Crippen molar-refractivity contribution in [2.24, 2.45) is 16.8 Å². The SMILES string of the molecule is N/N=C(/CCn1c(-c2nonc2N)nc2ccccc21)NN. The fourth-order valence-corrected chi connectivity index (χ4v) is 2.22. The smallest absolute Gasteiger partial charge is 0.199 e. The van der Waals surface area contributed by atoms with Gasteiger partial charge in [-0.15, -0.1) is 0 Å². The second-order valence-electron chi connectivity index (χ2n) is 4.54. The molecule has 0 radical (unpaired) electrons. The molecule has 0 spiro atoms. The van der Waals surface area contributed by atoms with Gasteiger partial charge in [0.25, 0.3) is 0 Å². The van der Waals surface area contributed by atoms with Gasteiger partial charge >= 0.3 is 0 Å². The normalized spacial score (nSPS) is 12.0. The second-order valence-corrected chi connectivity index (χ2v) is 4.54. The lowest BCUT2D eigenvalue weighted by molar-refractivity contribution is 0.310. The summed E-state index contributed by atoms with van der Waals surface area (Å²) in [6.07, 6.45) is 0.492. The van der Waals surface area contributed by atoms with E-state index in [1.807, 2.05) is 28.8 Å². The van der Waals surface area contributed by atoms with E-state index in [0.29, 0.717) is 30.3 Å². The van der Waals surface area contributed by atoms with Gasteiger partial charge in [0.15, 0.2) is 17.3 Å². The van der Waals surface area contributed by atoms with Gasteiger partial charge in [-0.1, -0.05) is 12.1 Å². The van der Waals surface area contributed by atoms with Gasteiger partial charge in [0.1, 0.15) is 5.84 Å². The maximum Gasteiger partial charge on any atom is 0.199 e. The van der Waals surface area contributed by atoms with Gasteiger partial charge in [-0.3, -0.25) is 0 Å². The van der Waals surface area contributed by atoms with E-state index >= 15 is 0 Å². The Morgan fingerprint density at radius 2 is 2.14 bits per heavy atom. The van der Waals surface area contributed by atoms with E-state index in [-0.39, 0.29) is 5.82 Å². The molecule has 0 aliphatic heterocycles. The molecule has 0 atom stereocenters. The molecule has 0 aliphatic rings. The molecule has 3 aromatic rings. The van der Waals surface area contributed by atoms with E-state index in [9.17, 15) is 0 Å². The first-order valence-corrected chi connectivity index (χ1v) is 6.51. The Morgan fingerprint density at radius 1 is 1.32 bits per heavy atom. The summed E-state index contributed by atoms with van der Waals surface area (Å²) in [7, 11) is 0. The number of hydrazone groups is 1. The molecule has 0 aliphatic carbocycles. The van der Waals surface area contributed by atoms with Crippen molar-refractivity contribution in [2.45, 2.75) is 13.0 Å². The van der Waals surface area contributed by atoms with Gasteiger partial charge in [0, 0.05) is 13.0 Å². The Hall–Kier alpha value is -3.14. The number of hydrazine groups is 1. The molecule has 0 saturated carbocycles. The Balaban J connectivity index is 2.08. The number of hydrogen-bond acceptors (Lipinski definition) is 8. The largest absolute Gasteiger partial charge is 0.379 e. The van der Waals surface area contributed by atoms with Crippen LogP contribution in [0.25, 0.3) is 22.6 Å². The molecule has 0 bridgehead atoms. The van der Waals surface area contributed by atoms with Crippen molar-refractivity contribution < 1.29 is 4.63 Å². The topological polar surface area (TPSA) is 159 Å². The van der Waals surface area contributed by atoms with E-state index in [1.54, 1.807) is 0 Å². The molecule has 0 saturated heterocycles. The predicted octanol–water partition coefficient (Wildman–Crippen LogP) is -0.206. The summed E-state index contributed by atoms with van der Waals surface area (Å²) in [6.45, 7) is 0.530. The lowest BCUT2D eigenvalue weighted by atomic mass is 10.3. The fourth-order valence-electron chi connectivity index (χ4n) is 2.22. The Morgan fingerprint density at radius 3 is 2.82 bits per heavy atom. The third-order valence-corrected chi connectivity index (χ3v) is 3.27. The first kappa shape index (κ1) is 13.8. The highest BCUT2D eigenvalue weighted by Crippen LogP contribution is 2.26. The van der Waals surface area contributed by atoms with Crippen molar-refractivity contribution in [3.63, 3.8) is 0 Å². The zero-order valence-corrected chi connectivity index (χ0v) is 11.6. The Bertz CT molecular complexity index is 819. The molecule has 0 amide bonds. The van der Waals surface area contributed by atoms with Crippen LogP contribution in [0.2, 0.25) is 0 Å². The monoisotopic (exact) mass is 301 g/mol. The highest BCUT2D eigenvalue weighted by Gasteiger charge is 2.19. The van der Waals surface area contributed by atoms with Crippen molar-refractivity contribution in [1.29, 1.82) is 0 Å². The summed E-state index contributed by atoms with van der Waals surface area (Å²) in [5, 5.41) is 11.0. The van der Waals surface area contributed by atoms with Gasteiger partial charge < -0.3 is 21.6 Å². The number of benzene rings is 1. The summed E-state index contributed by atoms with van der Waals surface area (Å²) < 4.78 is 6.60. The van der Waals surface area contributed by atoms with Crippen LogP contribution in [0, 0.1) is 0 Å². The lowest BCUT2D eigenvalue weighted by Crippen LogP contribution is -2.32. The average Bonchev–Trinajstić information content (AvgIpc) is 3.12. The maximum atomic E-state index is 5.77. The molecule has 7 N–H and O–H groups in total. The Labute approximate surface area is 124 Å².